The Morgan fingerprint density at radius 3 is 2.70 bits per heavy atom. The SMILES string of the molecule is Nc1nc(OCCCO)nc2c1nc(O)n2Cc1cccc(P(=O)(O)O)c1. The van der Waals surface area contributed by atoms with Crippen molar-refractivity contribution in [3.63, 3.8) is 0 Å². The van der Waals surface area contributed by atoms with Gasteiger partial charge in [0, 0.05) is 13.0 Å². The normalized spacial score (nSPS) is 11.8. The van der Waals surface area contributed by atoms with Crippen LogP contribution in [0, 0.1) is 0 Å². The first kappa shape index (κ1) is 19.1. The summed E-state index contributed by atoms with van der Waals surface area (Å²) in [7, 11) is -4.40. The number of aromatic hydroxyl groups is 1. The first-order valence-electron chi connectivity index (χ1n) is 7.91. The summed E-state index contributed by atoms with van der Waals surface area (Å²) in [5.41, 5.74) is 6.75. The number of benzene rings is 1. The van der Waals surface area contributed by atoms with Crippen molar-refractivity contribution in [2.45, 2.75) is 13.0 Å². The molecule has 0 radical (unpaired) electrons. The molecular formula is C15H18N5O6P. The third kappa shape index (κ3) is 4.17. The molecule has 0 saturated carbocycles. The van der Waals surface area contributed by atoms with Crippen molar-refractivity contribution in [2.24, 2.45) is 0 Å². The molecule has 1 aromatic carbocycles. The third-order valence-electron chi connectivity index (χ3n) is 3.70. The molecular weight excluding hydrogens is 377 g/mol. The van der Waals surface area contributed by atoms with E-state index in [2.05, 4.69) is 15.0 Å². The van der Waals surface area contributed by atoms with Crippen LogP contribution in [0.2, 0.25) is 0 Å². The number of nitrogens with zero attached hydrogens (tertiary/aromatic N) is 4. The third-order valence-corrected chi connectivity index (χ3v) is 4.65. The van der Waals surface area contributed by atoms with Crippen LogP contribution in [0.25, 0.3) is 11.2 Å². The lowest BCUT2D eigenvalue weighted by Crippen LogP contribution is -2.09. The molecule has 3 rings (SSSR count). The van der Waals surface area contributed by atoms with Crippen molar-refractivity contribution in [2.75, 3.05) is 18.9 Å². The lowest BCUT2D eigenvalue weighted by Gasteiger charge is -2.09. The van der Waals surface area contributed by atoms with Crippen LogP contribution in [0.15, 0.2) is 24.3 Å². The quantitative estimate of drug-likeness (QED) is 0.264. The predicted molar refractivity (Wildman–Crippen MR) is 95.8 cm³/mol. The molecule has 0 saturated heterocycles. The molecule has 3 aromatic rings. The van der Waals surface area contributed by atoms with E-state index in [1.54, 1.807) is 6.07 Å². The molecule has 0 fully saturated rings. The number of aliphatic hydroxyl groups is 1. The fourth-order valence-electron chi connectivity index (χ4n) is 2.45. The van der Waals surface area contributed by atoms with Crippen molar-refractivity contribution in [3.8, 4) is 12.0 Å². The second-order valence-electron chi connectivity index (χ2n) is 5.70. The van der Waals surface area contributed by atoms with Gasteiger partial charge in [-0.2, -0.15) is 15.0 Å². The van der Waals surface area contributed by atoms with Crippen LogP contribution in [-0.2, 0) is 11.1 Å². The fraction of sp³-hybridized carbons (Fsp3) is 0.267. The van der Waals surface area contributed by atoms with Gasteiger partial charge in [0.15, 0.2) is 17.0 Å². The highest BCUT2D eigenvalue weighted by Gasteiger charge is 2.20. The summed E-state index contributed by atoms with van der Waals surface area (Å²) in [5, 5.41) is 18.8. The van der Waals surface area contributed by atoms with E-state index in [1.165, 1.54) is 22.8 Å². The summed E-state index contributed by atoms with van der Waals surface area (Å²) in [5.74, 6) is 0.0111. The first-order chi connectivity index (χ1) is 12.8. The van der Waals surface area contributed by atoms with Gasteiger partial charge < -0.3 is 30.5 Å². The maximum atomic E-state index is 11.4. The highest BCUT2D eigenvalue weighted by molar-refractivity contribution is 7.60. The molecule has 6 N–H and O–H groups in total. The van der Waals surface area contributed by atoms with Crippen molar-refractivity contribution in [1.82, 2.24) is 19.5 Å². The van der Waals surface area contributed by atoms with Gasteiger partial charge in [-0.15, -0.1) is 0 Å². The molecule has 0 bridgehead atoms. The number of rotatable bonds is 7. The van der Waals surface area contributed by atoms with Crippen LogP contribution in [0.4, 0.5) is 5.82 Å². The first-order valence-corrected chi connectivity index (χ1v) is 9.52. The number of imidazole rings is 1. The van der Waals surface area contributed by atoms with Crippen molar-refractivity contribution in [3.05, 3.63) is 29.8 Å². The van der Waals surface area contributed by atoms with Gasteiger partial charge in [-0.25, -0.2) is 0 Å². The molecule has 0 aliphatic heterocycles. The molecule has 11 nitrogen and oxygen atoms in total. The zero-order chi connectivity index (χ0) is 19.6. The second kappa shape index (κ2) is 7.49. The van der Waals surface area contributed by atoms with E-state index in [-0.39, 0.29) is 54.1 Å². The van der Waals surface area contributed by atoms with Gasteiger partial charge in [-0.3, -0.25) is 9.13 Å². The van der Waals surface area contributed by atoms with Crippen molar-refractivity contribution >= 4 is 29.9 Å². The van der Waals surface area contributed by atoms with Crippen molar-refractivity contribution in [1.29, 1.82) is 0 Å². The summed E-state index contributed by atoms with van der Waals surface area (Å²) in [6.45, 7) is 0.182. The van der Waals surface area contributed by atoms with Crippen molar-refractivity contribution < 1.29 is 29.3 Å². The van der Waals surface area contributed by atoms with E-state index in [4.69, 9.17) is 15.6 Å². The van der Waals surface area contributed by atoms with Crippen LogP contribution in [0.5, 0.6) is 12.0 Å². The van der Waals surface area contributed by atoms with Crippen LogP contribution < -0.4 is 15.8 Å². The molecule has 0 atom stereocenters. The molecule has 2 aromatic heterocycles. The number of aliphatic hydroxyl groups excluding tert-OH is 1. The van der Waals surface area contributed by atoms with E-state index in [0.29, 0.717) is 12.0 Å². The summed E-state index contributed by atoms with van der Waals surface area (Å²) < 4.78 is 18.1. The molecule has 2 heterocycles. The molecule has 144 valence electrons. The standard InChI is InChI=1S/C15H18N5O6P/c16-12-11-13(19-14(18-12)26-6-2-5-21)20(15(22)17-11)8-9-3-1-4-10(7-9)27(23,24)25/h1,3-4,7,21H,2,5-6,8H2,(H,17,22)(H2,16,18,19)(H2,23,24,25). The minimum atomic E-state index is -4.40. The Hall–Kier alpha value is -2.72. The monoisotopic (exact) mass is 395 g/mol. The Morgan fingerprint density at radius 2 is 2.00 bits per heavy atom. The minimum absolute atomic E-state index is 0.0111. The summed E-state index contributed by atoms with van der Waals surface area (Å²) in [4.78, 5) is 30.7. The van der Waals surface area contributed by atoms with Crippen LogP contribution in [-0.4, -0.2) is 52.7 Å². The average Bonchev–Trinajstić information content (AvgIpc) is 2.91. The number of hydrogen-bond acceptors (Lipinski definition) is 8. The Balaban J connectivity index is 1.99. The molecule has 0 spiro atoms. The van der Waals surface area contributed by atoms with Gasteiger partial charge in [0.1, 0.15) is 0 Å². The minimum Gasteiger partial charge on any atom is -0.480 e. The summed E-state index contributed by atoms with van der Waals surface area (Å²) in [6, 6.07) is 5.41. The van der Waals surface area contributed by atoms with E-state index in [1.807, 2.05) is 0 Å². The Kier molecular flexibility index (Phi) is 5.29. The zero-order valence-electron chi connectivity index (χ0n) is 14.1. The van der Waals surface area contributed by atoms with Crippen LogP contribution in [0.3, 0.4) is 0 Å². The highest BCUT2D eigenvalue weighted by Crippen LogP contribution is 2.33. The number of nitrogen functional groups attached to an aromatic ring is 1. The molecule has 0 amide bonds. The van der Waals surface area contributed by atoms with Gasteiger partial charge >= 0.3 is 13.6 Å². The largest absolute Gasteiger partial charge is 0.480 e. The molecule has 0 unspecified atom stereocenters. The van der Waals surface area contributed by atoms with Crippen LogP contribution in [0.1, 0.15) is 12.0 Å². The number of anilines is 1. The highest BCUT2D eigenvalue weighted by atomic mass is 31.2. The molecule has 0 aliphatic carbocycles. The Bertz CT molecular complexity index is 1020. The van der Waals surface area contributed by atoms with E-state index in [9.17, 15) is 19.5 Å². The maximum Gasteiger partial charge on any atom is 0.356 e. The fourth-order valence-corrected chi connectivity index (χ4v) is 3.06. The van der Waals surface area contributed by atoms with Gasteiger partial charge in [0.2, 0.25) is 0 Å². The van der Waals surface area contributed by atoms with Gasteiger partial charge in [-0.05, 0) is 17.7 Å². The topological polar surface area (TPSA) is 177 Å². The number of nitrogens with two attached hydrogens (primary N) is 1. The summed E-state index contributed by atoms with van der Waals surface area (Å²) in [6.07, 6.45) is 0.390. The molecule has 0 aliphatic rings. The smallest absolute Gasteiger partial charge is 0.356 e. The van der Waals surface area contributed by atoms with Gasteiger partial charge in [0.25, 0.3) is 6.01 Å². The molecule has 12 heteroatoms. The van der Waals surface area contributed by atoms with Gasteiger partial charge in [-0.1, -0.05) is 12.1 Å². The molecule has 27 heavy (non-hydrogen) atoms. The summed E-state index contributed by atoms with van der Waals surface area (Å²) >= 11 is 0. The van der Waals surface area contributed by atoms with E-state index >= 15 is 0 Å². The maximum absolute atomic E-state index is 11.4. The number of hydrogen-bond donors (Lipinski definition) is 5. The second-order valence-corrected chi connectivity index (χ2v) is 7.31. The number of fused-ring (bicyclic) bond motifs is 1. The van der Waals surface area contributed by atoms with Gasteiger partial charge in [0.05, 0.1) is 18.5 Å². The van der Waals surface area contributed by atoms with Crippen LogP contribution >= 0.6 is 7.60 Å². The van der Waals surface area contributed by atoms with E-state index < -0.39 is 7.60 Å². The number of aromatic nitrogens is 4. The lowest BCUT2D eigenvalue weighted by atomic mass is 10.2. The average molecular weight is 395 g/mol. The number of ether oxygens (including phenoxy) is 1. The predicted octanol–water partition coefficient (Wildman–Crippen LogP) is -0.273. The lowest BCUT2D eigenvalue weighted by molar-refractivity contribution is 0.225. The Morgan fingerprint density at radius 1 is 1.22 bits per heavy atom. The Labute approximate surface area is 153 Å². The zero-order valence-corrected chi connectivity index (χ0v) is 15.0. The van der Waals surface area contributed by atoms with E-state index in [0.717, 1.165) is 0 Å².